The number of hydrogen-bond acceptors (Lipinski definition) is 5. The van der Waals surface area contributed by atoms with Gasteiger partial charge in [0.2, 0.25) is 5.88 Å². The lowest BCUT2D eigenvalue weighted by Crippen LogP contribution is -2.41. The molecule has 0 aliphatic rings. The quantitative estimate of drug-likeness (QED) is 0.313. The molecule has 0 aliphatic carbocycles. The lowest BCUT2D eigenvalue weighted by molar-refractivity contribution is 0.223. The minimum Gasteiger partial charge on any atom is -0.497 e. The summed E-state index contributed by atoms with van der Waals surface area (Å²) in [5, 5.41) is 6.54. The van der Waals surface area contributed by atoms with E-state index in [2.05, 4.69) is 20.6 Å². The Bertz CT molecular complexity index is 743. The van der Waals surface area contributed by atoms with Gasteiger partial charge in [-0.25, -0.2) is 9.98 Å². The van der Waals surface area contributed by atoms with Crippen LogP contribution in [0.4, 0.5) is 0 Å². The van der Waals surface area contributed by atoms with E-state index in [-0.39, 0.29) is 30.1 Å². The molecular weight excluding hydrogens is 471 g/mol. The minimum absolute atomic E-state index is 0. The number of benzene rings is 1. The van der Waals surface area contributed by atoms with Crippen LogP contribution < -0.4 is 24.8 Å². The number of aromatic nitrogens is 1. The second-order valence-corrected chi connectivity index (χ2v) is 5.89. The Morgan fingerprint density at radius 3 is 2.61 bits per heavy atom. The summed E-state index contributed by atoms with van der Waals surface area (Å²) < 4.78 is 16.3. The van der Waals surface area contributed by atoms with Crippen molar-refractivity contribution in [2.45, 2.75) is 26.5 Å². The van der Waals surface area contributed by atoms with Gasteiger partial charge in [-0.15, -0.1) is 24.0 Å². The number of rotatable bonds is 9. The van der Waals surface area contributed by atoms with Crippen LogP contribution in [0.15, 0.2) is 47.6 Å². The van der Waals surface area contributed by atoms with Crippen molar-refractivity contribution in [2.75, 3.05) is 27.3 Å². The predicted octanol–water partition coefficient (Wildman–Crippen LogP) is 3.24. The minimum atomic E-state index is -0.0398. The Morgan fingerprint density at radius 2 is 1.89 bits per heavy atom. The van der Waals surface area contributed by atoms with E-state index < -0.39 is 0 Å². The smallest absolute Gasteiger partial charge is 0.213 e. The van der Waals surface area contributed by atoms with Crippen molar-refractivity contribution in [3.63, 3.8) is 0 Å². The molecular formula is C20H29IN4O3. The van der Waals surface area contributed by atoms with Gasteiger partial charge in [-0.2, -0.15) is 0 Å². The number of halogens is 1. The zero-order chi connectivity index (χ0) is 19.5. The molecule has 1 heterocycles. The van der Waals surface area contributed by atoms with Crippen LogP contribution in [0.5, 0.6) is 17.4 Å². The maximum Gasteiger partial charge on any atom is 0.213 e. The molecule has 8 heteroatoms. The molecule has 1 aromatic carbocycles. The average Bonchev–Trinajstić information content (AvgIpc) is 2.70. The van der Waals surface area contributed by atoms with Gasteiger partial charge in [0.15, 0.2) is 5.96 Å². The van der Waals surface area contributed by atoms with Gasteiger partial charge in [-0.05, 0) is 37.6 Å². The van der Waals surface area contributed by atoms with E-state index in [9.17, 15) is 0 Å². The summed E-state index contributed by atoms with van der Waals surface area (Å²) in [6.45, 7) is 5.95. The van der Waals surface area contributed by atoms with Crippen molar-refractivity contribution in [1.82, 2.24) is 15.6 Å². The van der Waals surface area contributed by atoms with E-state index in [1.165, 1.54) is 0 Å². The van der Waals surface area contributed by atoms with E-state index >= 15 is 0 Å². The third kappa shape index (κ3) is 8.20. The number of methoxy groups -OCH3 is 2. The molecule has 154 valence electrons. The maximum absolute atomic E-state index is 5.93. The van der Waals surface area contributed by atoms with E-state index in [1.807, 2.05) is 50.2 Å². The predicted molar refractivity (Wildman–Crippen MR) is 122 cm³/mol. The third-order valence-corrected chi connectivity index (χ3v) is 3.71. The van der Waals surface area contributed by atoms with Crippen LogP contribution in [0.2, 0.25) is 0 Å². The normalized spacial score (nSPS) is 11.8. The fourth-order valence-electron chi connectivity index (χ4n) is 2.36. The molecule has 28 heavy (non-hydrogen) atoms. The van der Waals surface area contributed by atoms with E-state index in [1.54, 1.807) is 20.4 Å². The second kappa shape index (κ2) is 13.0. The Labute approximate surface area is 183 Å². The number of guanidine groups is 1. The zero-order valence-electron chi connectivity index (χ0n) is 16.8. The van der Waals surface area contributed by atoms with E-state index in [0.29, 0.717) is 19.0 Å². The molecule has 0 spiro atoms. The molecule has 1 aromatic heterocycles. The Kier molecular flexibility index (Phi) is 11.1. The zero-order valence-corrected chi connectivity index (χ0v) is 19.1. The fraction of sp³-hybridized carbons (Fsp3) is 0.400. The van der Waals surface area contributed by atoms with Gasteiger partial charge in [0.25, 0.3) is 0 Å². The molecule has 1 atom stereocenters. The highest BCUT2D eigenvalue weighted by Crippen LogP contribution is 2.19. The van der Waals surface area contributed by atoms with Crippen LogP contribution in [0.1, 0.15) is 19.4 Å². The van der Waals surface area contributed by atoms with Crippen molar-refractivity contribution < 1.29 is 14.2 Å². The maximum atomic E-state index is 5.93. The third-order valence-electron chi connectivity index (χ3n) is 3.71. The number of hydrogen-bond donors (Lipinski definition) is 2. The first-order valence-electron chi connectivity index (χ1n) is 8.96. The number of pyridine rings is 1. The average molecular weight is 500 g/mol. The molecule has 0 amide bonds. The molecule has 0 radical (unpaired) electrons. The summed E-state index contributed by atoms with van der Waals surface area (Å²) in [7, 11) is 3.24. The van der Waals surface area contributed by atoms with Crippen molar-refractivity contribution in [2.24, 2.45) is 4.99 Å². The number of nitrogens with one attached hydrogen (secondary N) is 2. The molecule has 0 bridgehead atoms. The fourth-order valence-corrected chi connectivity index (χ4v) is 2.36. The Hall–Kier alpha value is -2.23. The standard InChI is InChI=1S/C20H28N4O3.HI/c1-5-21-20(24-14-16-9-10-22-19(11-16)26-4)23-13-15(2)27-18-8-6-7-17(12-18)25-3;/h6-12,15H,5,13-14H2,1-4H3,(H2,21,23,24);1H. The SMILES string of the molecule is CCNC(=NCc1ccnc(OC)c1)NCC(C)Oc1cccc(OC)c1.I. The molecule has 1 unspecified atom stereocenters. The van der Waals surface area contributed by atoms with Gasteiger partial charge in [0.1, 0.15) is 17.6 Å². The first-order chi connectivity index (χ1) is 13.1. The first kappa shape index (κ1) is 23.8. The van der Waals surface area contributed by atoms with Crippen molar-refractivity contribution >= 4 is 29.9 Å². The van der Waals surface area contributed by atoms with Gasteiger partial charge in [0.05, 0.1) is 27.3 Å². The van der Waals surface area contributed by atoms with Gasteiger partial charge >= 0.3 is 0 Å². The Morgan fingerprint density at radius 1 is 1.11 bits per heavy atom. The van der Waals surface area contributed by atoms with E-state index in [4.69, 9.17) is 14.2 Å². The van der Waals surface area contributed by atoms with Crippen molar-refractivity contribution in [3.8, 4) is 17.4 Å². The Balaban J connectivity index is 0.00000392. The van der Waals surface area contributed by atoms with Crippen molar-refractivity contribution in [3.05, 3.63) is 48.2 Å². The summed E-state index contributed by atoms with van der Waals surface area (Å²) in [6, 6.07) is 11.4. The summed E-state index contributed by atoms with van der Waals surface area (Å²) >= 11 is 0. The molecule has 2 aromatic rings. The molecule has 0 saturated heterocycles. The van der Waals surface area contributed by atoms with Crippen LogP contribution in [0.25, 0.3) is 0 Å². The van der Waals surface area contributed by atoms with E-state index in [0.717, 1.165) is 29.6 Å². The van der Waals surface area contributed by atoms with Gasteiger partial charge in [-0.3, -0.25) is 0 Å². The highest BCUT2D eigenvalue weighted by Gasteiger charge is 2.07. The van der Waals surface area contributed by atoms with Crippen LogP contribution in [0.3, 0.4) is 0 Å². The van der Waals surface area contributed by atoms with Crippen LogP contribution >= 0.6 is 24.0 Å². The lowest BCUT2D eigenvalue weighted by Gasteiger charge is -2.18. The van der Waals surface area contributed by atoms with Crippen LogP contribution in [0, 0.1) is 0 Å². The summed E-state index contributed by atoms with van der Waals surface area (Å²) in [5.74, 6) is 2.86. The van der Waals surface area contributed by atoms with Crippen LogP contribution in [-0.2, 0) is 6.54 Å². The molecule has 0 saturated carbocycles. The molecule has 2 rings (SSSR count). The summed E-state index contributed by atoms with van der Waals surface area (Å²) in [5.41, 5.74) is 1.03. The highest BCUT2D eigenvalue weighted by atomic mass is 127. The highest BCUT2D eigenvalue weighted by molar-refractivity contribution is 14.0. The summed E-state index contributed by atoms with van der Waals surface area (Å²) in [6.07, 6.45) is 1.68. The molecule has 2 N–H and O–H groups in total. The molecule has 0 aliphatic heterocycles. The van der Waals surface area contributed by atoms with Gasteiger partial charge in [0, 0.05) is 24.9 Å². The summed E-state index contributed by atoms with van der Waals surface area (Å²) in [4.78, 5) is 8.71. The van der Waals surface area contributed by atoms with Gasteiger partial charge < -0.3 is 24.8 Å². The van der Waals surface area contributed by atoms with Gasteiger partial charge in [-0.1, -0.05) is 6.07 Å². The number of nitrogens with zero attached hydrogens (tertiary/aromatic N) is 2. The monoisotopic (exact) mass is 500 g/mol. The number of ether oxygens (including phenoxy) is 3. The van der Waals surface area contributed by atoms with Crippen molar-refractivity contribution in [1.29, 1.82) is 0 Å². The second-order valence-electron chi connectivity index (χ2n) is 5.89. The first-order valence-corrected chi connectivity index (χ1v) is 8.96. The lowest BCUT2D eigenvalue weighted by atomic mass is 10.3. The molecule has 0 fully saturated rings. The molecule has 7 nitrogen and oxygen atoms in total. The van der Waals surface area contributed by atoms with Crippen LogP contribution in [-0.4, -0.2) is 44.4 Å². The largest absolute Gasteiger partial charge is 0.497 e. The topological polar surface area (TPSA) is 77.0 Å². The number of aliphatic imine (C=N–C) groups is 1.